The first-order chi connectivity index (χ1) is 13.5. The fourth-order valence-electron chi connectivity index (χ4n) is 2.37. The molecule has 2 aromatic rings. The van der Waals surface area contributed by atoms with E-state index in [2.05, 4.69) is 23.1 Å². The molecule has 148 valence electrons. The Balaban J connectivity index is 1.75. The maximum absolute atomic E-state index is 12.1. The predicted molar refractivity (Wildman–Crippen MR) is 106 cm³/mol. The van der Waals surface area contributed by atoms with Crippen molar-refractivity contribution in [1.82, 2.24) is 16.2 Å². The van der Waals surface area contributed by atoms with Crippen LogP contribution in [-0.2, 0) is 4.79 Å². The number of benzene rings is 2. The van der Waals surface area contributed by atoms with Gasteiger partial charge in [-0.05, 0) is 49.2 Å². The van der Waals surface area contributed by atoms with Crippen LogP contribution in [0.1, 0.15) is 46.0 Å². The molecule has 7 nitrogen and oxygen atoms in total. The van der Waals surface area contributed by atoms with Crippen molar-refractivity contribution in [3.05, 3.63) is 65.2 Å². The molecule has 2 rings (SSSR count). The van der Waals surface area contributed by atoms with Crippen LogP contribution >= 0.6 is 0 Å². The number of amides is 3. The third-order valence-electron chi connectivity index (χ3n) is 4.00. The fraction of sp³-hybridized carbons (Fsp3) is 0.286. The molecule has 0 unspecified atom stereocenters. The molecule has 0 aliphatic rings. The summed E-state index contributed by atoms with van der Waals surface area (Å²) in [6.07, 6.45) is 2.02. The van der Waals surface area contributed by atoms with Crippen molar-refractivity contribution in [3.8, 4) is 5.75 Å². The topological polar surface area (TPSA) is 96.5 Å². The zero-order valence-corrected chi connectivity index (χ0v) is 16.1. The van der Waals surface area contributed by atoms with Crippen LogP contribution in [-0.4, -0.2) is 30.9 Å². The SMILES string of the molecule is CCCCOc1ccc(C(=O)NCC(=O)NNC(=O)c2ccccc2C)cc1. The van der Waals surface area contributed by atoms with Gasteiger partial charge in [0, 0.05) is 11.1 Å². The van der Waals surface area contributed by atoms with Gasteiger partial charge in [-0.15, -0.1) is 0 Å². The monoisotopic (exact) mass is 383 g/mol. The highest BCUT2D eigenvalue weighted by Gasteiger charge is 2.11. The molecule has 0 fully saturated rings. The predicted octanol–water partition coefficient (Wildman–Crippen LogP) is 2.36. The number of hydrazine groups is 1. The number of unbranched alkanes of at least 4 members (excludes halogenated alkanes) is 1. The number of aryl methyl sites for hydroxylation is 1. The molecular formula is C21H25N3O4. The lowest BCUT2D eigenvalue weighted by Gasteiger charge is -2.10. The number of nitrogens with one attached hydrogen (secondary N) is 3. The number of hydrogen-bond acceptors (Lipinski definition) is 4. The van der Waals surface area contributed by atoms with Crippen LogP contribution in [0.25, 0.3) is 0 Å². The van der Waals surface area contributed by atoms with Gasteiger partial charge in [0.2, 0.25) is 0 Å². The summed E-state index contributed by atoms with van der Waals surface area (Å²) in [5, 5.41) is 2.50. The molecule has 3 amide bonds. The summed E-state index contributed by atoms with van der Waals surface area (Å²) >= 11 is 0. The number of carbonyl (C=O) groups is 3. The first-order valence-corrected chi connectivity index (χ1v) is 9.17. The molecule has 3 N–H and O–H groups in total. The van der Waals surface area contributed by atoms with Crippen molar-refractivity contribution in [3.63, 3.8) is 0 Å². The Hall–Kier alpha value is -3.35. The van der Waals surface area contributed by atoms with Gasteiger partial charge >= 0.3 is 0 Å². The summed E-state index contributed by atoms with van der Waals surface area (Å²) in [6.45, 7) is 4.26. The van der Waals surface area contributed by atoms with E-state index in [1.807, 2.05) is 6.07 Å². The van der Waals surface area contributed by atoms with E-state index in [0.717, 1.165) is 18.4 Å². The molecule has 0 radical (unpaired) electrons. The van der Waals surface area contributed by atoms with Gasteiger partial charge in [0.05, 0.1) is 13.2 Å². The van der Waals surface area contributed by atoms with Crippen molar-refractivity contribution in [1.29, 1.82) is 0 Å². The summed E-state index contributed by atoms with van der Waals surface area (Å²) < 4.78 is 5.54. The van der Waals surface area contributed by atoms with Crippen LogP contribution < -0.4 is 20.9 Å². The third kappa shape index (κ3) is 6.42. The van der Waals surface area contributed by atoms with E-state index in [1.54, 1.807) is 49.4 Å². The van der Waals surface area contributed by atoms with Crippen molar-refractivity contribution in [2.24, 2.45) is 0 Å². The summed E-state index contributed by atoms with van der Waals surface area (Å²) in [7, 11) is 0. The van der Waals surface area contributed by atoms with Crippen LogP contribution in [0.15, 0.2) is 48.5 Å². The smallest absolute Gasteiger partial charge is 0.269 e. The molecule has 0 aromatic heterocycles. The van der Waals surface area contributed by atoms with E-state index in [-0.39, 0.29) is 12.5 Å². The number of carbonyl (C=O) groups excluding carboxylic acids is 3. The summed E-state index contributed by atoms with van der Waals surface area (Å²) in [4.78, 5) is 36.0. The highest BCUT2D eigenvalue weighted by Crippen LogP contribution is 2.12. The Labute approximate surface area is 164 Å². The largest absolute Gasteiger partial charge is 0.494 e. The molecule has 0 saturated heterocycles. The molecule has 0 spiro atoms. The van der Waals surface area contributed by atoms with Crippen LogP contribution in [0.2, 0.25) is 0 Å². The maximum atomic E-state index is 12.1. The number of hydrogen-bond donors (Lipinski definition) is 3. The second kappa shape index (κ2) is 10.7. The van der Waals surface area contributed by atoms with Gasteiger partial charge in [-0.1, -0.05) is 31.5 Å². The van der Waals surface area contributed by atoms with E-state index < -0.39 is 11.8 Å². The van der Waals surface area contributed by atoms with E-state index in [0.29, 0.717) is 23.5 Å². The average molecular weight is 383 g/mol. The Kier molecular flexibility index (Phi) is 8.02. The first kappa shape index (κ1) is 21.0. The van der Waals surface area contributed by atoms with Gasteiger partial charge < -0.3 is 10.1 Å². The fourth-order valence-corrected chi connectivity index (χ4v) is 2.37. The van der Waals surface area contributed by atoms with E-state index in [1.165, 1.54) is 0 Å². The number of rotatable bonds is 8. The normalized spacial score (nSPS) is 10.1. The first-order valence-electron chi connectivity index (χ1n) is 9.17. The van der Waals surface area contributed by atoms with E-state index in [4.69, 9.17) is 4.74 Å². The van der Waals surface area contributed by atoms with Gasteiger partial charge in [-0.2, -0.15) is 0 Å². The third-order valence-corrected chi connectivity index (χ3v) is 4.00. The van der Waals surface area contributed by atoms with Crippen LogP contribution in [0.3, 0.4) is 0 Å². The maximum Gasteiger partial charge on any atom is 0.269 e. The Morgan fingerprint density at radius 2 is 1.64 bits per heavy atom. The van der Waals surface area contributed by atoms with Crippen LogP contribution in [0.4, 0.5) is 0 Å². The minimum atomic E-state index is -0.533. The Morgan fingerprint density at radius 3 is 2.32 bits per heavy atom. The molecule has 28 heavy (non-hydrogen) atoms. The standard InChI is InChI=1S/C21H25N3O4/c1-3-4-13-28-17-11-9-16(10-12-17)20(26)22-14-19(25)23-24-21(27)18-8-6-5-7-15(18)2/h5-12H,3-4,13-14H2,1-2H3,(H,22,26)(H,23,25)(H,24,27). The van der Waals surface area contributed by atoms with Crippen molar-refractivity contribution >= 4 is 17.7 Å². The molecule has 7 heteroatoms. The van der Waals surface area contributed by atoms with E-state index in [9.17, 15) is 14.4 Å². The zero-order valence-electron chi connectivity index (χ0n) is 16.1. The van der Waals surface area contributed by atoms with E-state index >= 15 is 0 Å². The van der Waals surface area contributed by atoms with Crippen molar-refractivity contribution in [2.75, 3.05) is 13.2 Å². The van der Waals surface area contributed by atoms with Gasteiger partial charge in [0.25, 0.3) is 17.7 Å². The molecule has 2 aromatic carbocycles. The average Bonchev–Trinajstić information content (AvgIpc) is 2.71. The lowest BCUT2D eigenvalue weighted by atomic mass is 10.1. The van der Waals surface area contributed by atoms with Crippen molar-refractivity contribution in [2.45, 2.75) is 26.7 Å². The van der Waals surface area contributed by atoms with Gasteiger partial charge in [0.15, 0.2) is 0 Å². The lowest BCUT2D eigenvalue weighted by molar-refractivity contribution is -0.120. The highest BCUT2D eigenvalue weighted by atomic mass is 16.5. The minimum Gasteiger partial charge on any atom is -0.494 e. The van der Waals surface area contributed by atoms with Crippen molar-refractivity contribution < 1.29 is 19.1 Å². The second-order valence-corrected chi connectivity index (χ2v) is 6.23. The van der Waals surface area contributed by atoms with Gasteiger partial charge in [0.1, 0.15) is 5.75 Å². The van der Waals surface area contributed by atoms with Crippen LogP contribution in [0.5, 0.6) is 5.75 Å². The summed E-state index contributed by atoms with van der Waals surface area (Å²) in [5.74, 6) is -0.645. The Morgan fingerprint density at radius 1 is 0.929 bits per heavy atom. The number of ether oxygens (including phenoxy) is 1. The van der Waals surface area contributed by atoms with Gasteiger partial charge in [-0.3, -0.25) is 25.2 Å². The molecule has 0 heterocycles. The molecule has 0 aliphatic carbocycles. The summed E-state index contributed by atoms with van der Waals surface area (Å²) in [5.41, 5.74) is 6.29. The van der Waals surface area contributed by atoms with Gasteiger partial charge in [-0.25, -0.2) is 0 Å². The molecule has 0 saturated carbocycles. The van der Waals surface area contributed by atoms with Crippen LogP contribution in [0, 0.1) is 6.92 Å². The summed E-state index contributed by atoms with van der Waals surface area (Å²) in [6, 6.07) is 13.7. The Bertz CT molecular complexity index is 819. The second-order valence-electron chi connectivity index (χ2n) is 6.23. The molecule has 0 aliphatic heterocycles. The zero-order chi connectivity index (χ0) is 20.4. The quantitative estimate of drug-likeness (QED) is 0.482. The highest BCUT2D eigenvalue weighted by molar-refractivity contribution is 5.98. The minimum absolute atomic E-state index is 0.262. The molecule has 0 atom stereocenters. The molecule has 0 bridgehead atoms. The lowest BCUT2D eigenvalue weighted by Crippen LogP contribution is -2.46. The molecular weight excluding hydrogens is 358 g/mol.